The number of hydrogen-bond acceptors (Lipinski definition) is 3. The molecule has 0 saturated heterocycles. The summed E-state index contributed by atoms with van der Waals surface area (Å²) < 4.78 is 12.4. The fraction of sp³-hybridized carbons (Fsp3) is 0.545. The largest absolute Gasteiger partial charge is 0.388 e. The smallest absolute Gasteiger partial charge is 0.120 e. The van der Waals surface area contributed by atoms with E-state index in [0.29, 0.717) is 11.6 Å². The van der Waals surface area contributed by atoms with Crippen LogP contribution in [0.15, 0.2) is 18.3 Å². The predicted octanol–water partition coefficient (Wildman–Crippen LogP) is 1.18. The Hall–Kier alpha value is -0.910. The third-order valence-electron chi connectivity index (χ3n) is 2.20. The van der Waals surface area contributed by atoms with E-state index in [9.17, 15) is 0 Å². The number of hydrogen-bond donors (Lipinski definition) is 1. The molecule has 1 rings (SSSR count). The minimum absolute atomic E-state index is 0.421. The molecule has 0 unspecified atom stereocenters. The molecule has 4 nitrogen and oxygen atoms in total. The molecule has 0 bridgehead atoms. The van der Waals surface area contributed by atoms with Crippen LogP contribution < -0.4 is 5.73 Å². The highest BCUT2D eigenvalue weighted by Gasteiger charge is 2.02. The summed E-state index contributed by atoms with van der Waals surface area (Å²) in [5.74, 6) is 0. The Morgan fingerprint density at radius 1 is 1.44 bits per heavy atom. The number of thiocarbonyl (C=S) groups is 1. The van der Waals surface area contributed by atoms with E-state index in [1.54, 1.807) is 7.11 Å². The van der Waals surface area contributed by atoms with Crippen molar-refractivity contribution in [2.24, 2.45) is 5.73 Å². The molecule has 0 aliphatic heterocycles. The summed E-state index contributed by atoms with van der Waals surface area (Å²) in [6, 6.07) is 3.84. The minimum Gasteiger partial charge on any atom is -0.388 e. The highest BCUT2D eigenvalue weighted by atomic mass is 32.1. The standard InChI is InChI=1S/C11H18N2O2S/c1-14-7-3-8-15-9-6-13-5-2-4-10(13)11(12)16/h2,4-5H,3,6-9H2,1H3,(H2,12,16). The van der Waals surface area contributed by atoms with Gasteiger partial charge in [0, 0.05) is 33.1 Å². The number of aromatic nitrogens is 1. The molecule has 0 fully saturated rings. The van der Waals surface area contributed by atoms with Crippen LogP contribution in [0.1, 0.15) is 12.1 Å². The molecule has 1 aromatic rings. The van der Waals surface area contributed by atoms with Gasteiger partial charge in [0.25, 0.3) is 0 Å². The van der Waals surface area contributed by atoms with E-state index in [-0.39, 0.29) is 0 Å². The van der Waals surface area contributed by atoms with Crippen molar-refractivity contribution in [3.8, 4) is 0 Å². The lowest BCUT2D eigenvalue weighted by molar-refractivity contribution is 0.0977. The molecule has 0 aliphatic carbocycles. The van der Waals surface area contributed by atoms with Crippen LogP contribution in [-0.4, -0.2) is 36.5 Å². The van der Waals surface area contributed by atoms with Gasteiger partial charge in [-0.25, -0.2) is 0 Å². The number of rotatable bonds is 8. The predicted molar refractivity (Wildman–Crippen MR) is 67.6 cm³/mol. The molecule has 1 aromatic heterocycles. The molecular weight excluding hydrogens is 224 g/mol. The summed E-state index contributed by atoms with van der Waals surface area (Å²) in [7, 11) is 1.69. The van der Waals surface area contributed by atoms with Gasteiger partial charge in [0.1, 0.15) is 4.99 Å². The van der Waals surface area contributed by atoms with E-state index >= 15 is 0 Å². The molecule has 0 spiro atoms. The van der Waals surface area contributed by atoms with Gasteiger partial charge in [-0.3, -0.25) is 0 Å². The van der Waals surface area contributed by atoms with Gasteiger partial charge in [0.2, 0.25) is 0 Å². The highest BCUT2D eigenvalue weighted by Crippen LogP contribution is 2.02. The van der Waals surface area contributed by atoms with Crippen LogP contribution in [0.4, 0.5) is 0 Å². The van der Waals surface area contributed by atoms with E-state index in [2.05, 4.69) is 0 Å². The monoisotopic (exact) mass is 242 g/mol. The summed E-state index contributed by atoms with van der Waals surface area (Å²) in [5.41, 5.74) is 6.47. The maximum Gasteiger partial charge on any atom is 0.120 e. The average Bonchev–Trinajstić information content (AvgIpc) is 2.71. The van der Waals surface area contributed by atoms with Gasteiger partial charge in [-0.1, -0.05) is 12.2 Å². The second-order valence-electron chi connectivity index (χ2n) is 3.41. The number of methoxy groups -OCH3 is 1. The van der Waals surface area contributed by atoms with Crippen molar-refractivity contribution < 1.29 is 9.47 Å². The summed E-state index contributed by atoms with van der Waals surface area (Å²) in [5, 5.41) is 0. The second-order valence-corrected chi connectivity index (χ2v) is 3.85. The summed E-state index contributed by atoms with van der Waals surface area (Å²) in [6.45, 7) is 2.89. The fourth-order valence-corrected chi connectivity index (χ4v) is 1.59. The van der Waals surface area contributed by atoms with Gasteiger partial charge in [-0.15, -0.1) is 0 Å². The SMILES string of the molecule is COCCCOCCn1cccc1C(N)=S. The van der Waals surface area contributed by atoms with Crippen LogP contribution in [-0.2, 0) is 16.0 Å². The Morgan fingerprint density at radius 3 is 2.94 bits per heavy atom. The number of nitrogens with two attached hydrogens (primary N) is 1. The highest BCUT2D eigenvalue weighted by molar-refractivity contribution is 7.80. The molecule has 0 saturated carbocycles. The molecular formula is C11H18N2O2S. The first-order valence-corrected chi connectivity index (χ1v) is 5.68. The lowest BCUT2D eigenvalue weighted by Crippen LogP contribution is -2.17. The molecule has 90 valence electrons. The maximum atomic E-state index is 5.58. The van der Waals surface area contributed by atoms with E-state index in [4.69, 9.17) is 27.4 Å². The third-order valence-corrected chi connectivity index (χ3v) is 2.40. The zero-order valence-corrected chi connectivity index (χ0v) is 10.3. The molecule has 0 aromatic carbocycles. The van der Waals surface area contributed by atoms with Crippen molar-refractivity contribution in [2.75, 3.05) is 26.9 Å². The van der Waals surface area contributed by atoms with Gasteiger partial charge in [0.05, 0.1) is 12.3 Å². The molecule has 1 heterocycles. The van der Waals surface area contributed by atoms with Crippen molar-refractivity contribution in [2.45, 2.75) is 13.0 Å². The number of ether oxygens (including phenoxy) is 2. The van der Waals surface area contributed by atoms with Gasteiger partial charge < -0.3 is 19.8 Å². The minimum atomic E-state index is 0.421. The molecule has 16 heavy (non-hydrogen) atoms. The maximum absolute atomic E-state index is 5.58. The van der Waals surface area contributed by atoms with Crippen LogP contribution in [0.3, 0.4) is 0 Å². The normalized spacial score (nSPS) is 10.6. The van der Waals surface area contributed by atoms with Crippen LogP contribution in [0, 0.1) is 0 Å². The van der Waals surface area contributed by atoms with Crippen molar-refractivity contribution in [3.05, 3.63) is 24.0 Å². The fourth-order valence-electron chi connectivity index (χ4n) is 1.40. The van der Waals surface area contributed by atoms with E-state index in [0.717, 1.165) is 31.9 Å². The first-order chi connectivity index (χ1) is 7.75. The van der Waals surface area contributed by atoms with Gasteiger partial charge in [0.15, 0.2) is 0 Å². The molecule has 0 atom stereocenters. The Morgan fingerprint density at radius 2 is 2.25 bits per heavy atom. The zero-order valence-electron chi connectivity index (χ0n) is 9.52. The molecule has 5 heteroatoms. The lowest BCUT2D eigenvalue weighted by atomic mass is 10.4. The molecule has 0 amide bonds. The van der Waals surface area contributed by atoms with Gasteiger partial charge in [-0.05, 0) is 18.6 Å². The third kappa shape index (κ3) is 4.30. The van der Waals surface area contributed by atoms with Crippen LogP contribution in [0.2, 0.25) is 0 Å². The molecule has 0 aliphatic rings. The summed E-state index contributed by atoms with van der Waals surface area (Å²) in [6.07, 6.45) is 2.87. The van der Waals surface area contributed by atoms with Crippen LogP contribution >= 0.6 is 12.2 Å². The van der Waals surface area contributed by atoms with Gasteiger partial charge in [-0.2, -0.15) is 0 Å². The molecule has 2 N–H and O–H groups in total. The Kier molecular flexibility index (Phi) is 6.07. The Balaban J connectivity index is 2.21. The number of nitrogens with zero attached hydrogens (tertiary/aromatic N) is 1. The summed E-state index contributed by atoms with van der Waals surface area (Å²) >= 11 is 4.94. The summed E-state index contributed by atoms with van der Waals surface area (Å²) in [4.78, 5) is 0.421. The van der Waals surface area contributed by atoms with Gasteiger partial charge >= 0.3 is 0 Å². The van der Waals surface area contributed by atoms with Crippen LogP contribution in [0.5, 0.6) is 0 Å². The zero-order chi connectivity index (χ0) is 11.8. The van der Waals surface area contributed by atoms with Crippen molar-refractivity contribution >= 4 is 17.2 Å². The lowest BCUT2D eigenvalue weighted by Gasteiger charge is -2.08. The topological polar surface area (TPSA) is 49.4 Å². The van der Waals surface area contributed by atoms with Crippen molar-refractivity contribution in [1.29, 1.82) is 0 Å². The van der Waals surface area contributed by atoms with E-state index in [1.807, 2.05) is 22.9 Å². The Labute approximate surface area is 101 Å². The van der Waals surface area contributed by atoms with E-state index < -0.39 is 0 Å². The van der Waals surface area contributed by atoms with Crippen LogP contribution in [0.25, 0.3) is 0 Å². The quantitative estimate of drug-likeness (QED) is 0.549. The Bertz CT molecular complexity index is 326. The first-order valence-electron chi connectivity index (χ1n) is 5.27. The van der Waals surface area contributed by atoms with Crippen molar-refractivity contribution in [1.82, 2.24) is 4.57 Å². The first kappa shape index (κ1) is 13.2. The van der Waals surface area contributed by atoms with Crippen molar-refractivity contribution in [3.63, 3.8) is 0 Å². The second kappa shape index (κ2) is 7.38. The molecule has 0 radical (unpaired) electrons. The average molecular weight is 242 g/mol. The van der Waals surface area contributed by atoms with E-state index in [1.165, 1.54) is 0 Å².